The molecule has 3 N–H and O–H groups in total. The molecule has 1 unspecified atom stereocenters. The van der Waals surface area contributed by atoms with Gasteiger partial charge in [0.25, 0.3) is 5.56 Å². The van der Waals surface area contributed by atoms with Crippen LogP contribution in [0.4, 0.5) is 29.2 Å². The summed E-state index contributed by atoms with van der Waals surface area (Å²) < 4.78 is 57.0. The molecular weight excluding hydrogens is 514 g/mol. The Hall–Kier alpha value is -5.31. The Morgan fingerprint density at radius 3 is 2.44 bits per heavy atom. The van der Waals surface area contributed by atoms with Crippen molar-refractivity contribution in [2.45, 2.75) is 13.0 Å². The van der Waals surface area contributed by atoms with E-state index in [4.69, 9.17) is 5.73 Å². The first-order valence-corrected chi connectivity index (χ1v) is 11.4. The van der Waals surface area contributed by atoms with Gasteiger partial charge in [0.15, 0.2) is 0 Å². The van der Waals surface area contributed by atoms with Crippen molar-refractivity contribution in [2.75, 3.05) is 11.1 Å². The lowest BCUT2D eigenvalue weighted by molar-refractivity contribution is 0.579. The average Bonchev–Trinajstić information content (AvgIpc) is 2.88. The highest BCUT2D eigenvalue weighted by molar-refractivity contribution is 5.79. The highest BCUT2D eigenvalue weighted by atomic mass is 19.1. The van der Waals surface area contributed by atoms with Gasteiger partial charge in [-0.25, -0.2) is 37.5 Å². The molecule has 5 rings (SSSR count). The van der Waals surface area contributed by atoms with E-state index < -0.39 is 34.9 Å². The summed E-state index contributed by atoms with van der Waals surface area (Å²) in [6.45, 7) is 1.61. The zero-order valence-corrected chi connectivity index (χ0v) is 20.1. The number of benzene rings is 2. The van der Waals surface area contributed by atoms with Crippen LogP contribution in [0.25, 0.3) is 16.6 Å². The highest BCUT2D eigenvalue weighted by Gasteiger charge is 2.22. The van der Waals surface area contributed by atoms with E-state index in [1.807, 2.05) is 0 Å². The number of hydrogen-bond acceptors (Lipinski definition) is 7. The first-order chi connectivity index (χ1) is 18.7. The molecular formula is C27H17F4N7O. The molecule has 3 aromatic heterocycles. The number of nitrogens with two attached hydrogens (primary N) is 1. The Morgan fingerprint density at radius 1 is 0.949 bits per heavy atom. The fourth-order valence-electron chi connectivity index (χ4n) is 3.89. The van der Waals surface area contributed by atoms with Crippen molar-refractivity contribution in [3.8, 4) is 17.5 Å². The Morgan fingerprint density at radius 2 is 1.72 bits per heavy atom. The maximum Gasteiger partial charge on any atom is 0.269 e. The van der Waals surface area contributed by atoms with Crippen molar-refractivity contribution in [3.05, 3.63) is 112 Å². The third-order valence-corrected chi connectivity index (χ3v) is 5.64. The minimum Gasteiger partial charge on any atom is -0.382 e. The number of nitrogens with one attached hydrogen (secondary N) is 1. The van der Waals surface area contributed by atoms with Crippen molar-refractivity contribution in [1.82, 2.24) is 24.5 Å². The van der Waals surface area contributed by atoms with Gasteiger partial charge in [-0.3, -0.25) is 9.36 Å². The quantitative estimate of drug-likeness (QED) is 0.263. The molecule has 3 heterocycles. The summed E-state index contributed by atoms with van der Waals surface area (Å²) in [7, 11) is 0. The zero-order valence-electron chi connectivity index (χ0n) is 20.1. The molecule has 5 aromatic rings. The zero-order chi connectivity index (χ0) is 27.7. The SMILES string of the molecule is CC(Nc1ncnc(N)c1C#Cc1ccc(F)cn1)c1nc2cccc(F)c2c(=O)n1-c1cc(F)cc(F)c1. The fraction of sp³-hybridized carbons (Fsp3) is 0.0741. The van der Waals surface area contributed by atoms with Gasteiger partial charge in [-0.15, -0.1) is 0 Å². The highest BCUT2D eigenvalue weighted by Crippen LogP contribution is 2.25. The van der Waals surface area contributed by atoms with Gasteiger partial charge in [0, 0.05) is 6.07 Å². The molecule has 0 saturated carbocycles. The summed E-state index contributed by atoms with van der Waals surface area (Å²) in [6, 6.07) is 8.18. The molecule has 39 heavy (non-hydrogen) atoms. The van der Waals surface area contributed by atoms with E-state index in [9.17, 15) is 22.4 Å². The van der Waals surface area contributed by atoms with Gasteiger partial charge in [-0.05, 0) is 49.2 Å². The smallest absolute Gasteiger partial charge is 0.269 e. The Bertz CT molecular complexity index is 1830. The van der Waals surface area contributed by atoms with E-state index in [1.165, 1.54) is 30.6 Å². The topological polar surface area (TPSA) is 112 Å². The molecule has 0 aliphatic carbocycles. The Kier molecular flexibility index (Phi) is 6.64. The van der Waals surface area contributed by atoms with Crippen LogP contribution in [-0.2, 0) is 0 Å². The van der Waals surface area contributed by atoms with Gasteiger partial charge in [-0.1, -0.05) is 12.0 Å². The average molecular weight is 531 g/mol. The predicted molar refractivity (Wildman–Crippen MR) is 136 cm³/mol. The van der Waals surface area contributed by atoms with Crippen LogP contribution in [0.15, 0.2) is 65.8 Å². The summed E-state index contributed by atoms with van der Waals surface area (Å²) in [5.41, 5.74) is 5.45. The normalized spacial score (nSPS) is 11.6. The molecule has 0 fully saturated rings. The molecule has 0 amide bonds. The Balaban J connectivity index is 1.64. The van der Waals surface area contributed by atoms with Gasteiger partial charge in [-0.2, -0.15) is 0 Å². The molecule has 0 bridgehead atoms. The van der Waals surface area contributed by atoms with Crippen LogP contribution in [0, 0.1) is 35.1 Å². The van der Waals surface area contributed by atoms with Crippen LogP contribution in [0.1, 0.15) is 30.0 Å². The van der Waals surface area contributed by atoms with Crippen LogP contribution in [0.3, 0.4) is 0 Å². The molecule has 0 aliphatic rings. The molecule has 1 atom stereocenters. The number of anilines is 2. The molecule has 0 radical (unpaired) electrons. The number of halogens is 4. The first kappa shape index (κ1) is 25.3. The van der Waals surface area contributed by atoms with E-state index in [1.54, 1.807) is 6.92 Å². The van der Waals surface area contributed by atoms with E-state index in [0.717, 1.165) is 29.0 Å². The number of rotatable bonds is 4. The molecule has 0 aliphatic heterocycles. The van der Waals surface area contributed by atoms with E-state index >= 15 is 0 Å². The van der Waals surface area contributed by atoms with Gasteiger partial charge in [0.2, 0.25) is 0 Å². The standard InChI is InChI=1S/C27H17F4N7O/c1-14(36-25-20(24(32)34-13-35-25)8-7-18-6-5-15(28)12-33-18)26-37-22-4-2-3-21(31)23(22)27(39)38(26)19-10-16(29)9-17(30)11-19/h2-6,9-14H,1H3,(H3,32,34,35,36). The van der Waals surface area contributed by atoms with Crippen LogP contribution >= 0.6 is 0 Å². The van der Waals surface area contributed by atoms with Gasteiger partial charge in [0.1, 0.15) is 63.7 Å². The summed E-state index contributed by atoms with van der Waals surface area (Å²) in [5.74, 6) is 2.48. The second kappa shape index (κ2) is 10.2. The molecule has 0 spiro atoms. The molecule has 0 saturated heterocycles. The lowest BCUT2D eigenvalue weighted by Gasteiger charge is -2.21. The summed E-state index contributed by atoms with van der Waals surface area (Å²) in [6.07, 6.45) is 2.20. The monoisotopic (exact) mass is 531 g/mol. The number of fused-ring (bicyclic) bond motifs is 1. The molecule has 2 aromatic carbocycles. The van der Waals surface area contributed by atoms with Gasteiger partial charge < -0.3 is 11.1 Å². The maximum absolute atomic E-state index is 14.6. The molecule has 8 nitrogen and oxygen atoms in total. The van der Waals surface area contributed by atoms with Crippen molar-refractivity contribution < 1.29 is 17.6 Å². The third kappa shape index (κ3) is 5.10. The van der Waals surface area contributed by atoms with Crippen LogP contribution in [0.2, 0.25) is 0 Å². The summed E-state index contributed by atoms with van der Waals surface area (Å²) >= 11 is 0. The van der Waals surface area contributed by atoms with E-state index in [-0.39, 0.29) is 45.3 Å². The largest absolute Gasteiger partial charge is 0.382 e. The molecule has 194 valence electrons. The van der Waals surface area contributed by atoms with Gasteiger partial charge in [0.05, 0.1) is 23.4 Å². The van der Waals surface area contributed by atoms with E-state index in [2.05, 4.69) is 37.1 Å². The Labute approximate surface area is 218 Å². The van der Waals surface area contributed by atoms with Crippen molar-refractivity contribution >= 4 is 22.5 Å². The third-order valence-electron chi connectivity index (χ3n) is 5.64. The number of nitrogen functional groups attached to an aromatic ring is 1. The van der Waals surface area contributed by atoms with Crippen LogP contribution in [0.5, 0.6) is 0 Å². The summed E-state index contributed by atoms with van der Waals surface area (Å²) in [4.78, 5) is 29.9. The second-order valence-electron chi connectivity index (χ2n) is 8.33. The number of aromatic nitrogens is 5. The summed E-state index contributed by atoms with van der Waals surface area (Å²) in [5, 5.41) is 2.70. The first-order valence-electron chi connectivity index (χ1n) is 11.4. The van der Waals surface area contributed by atoms with Crippen molar-refractivity contribution in [1.29, 1.82) is 0 Å². The van der Waals surface area contributed by atoms with Crippen LogP contribution in [-0.4, -0.2) is 24.5 Å². The van der Waals surface area contributed by atoms with Gasteiger partial charge >= 0.3 is 0 Å². The van der Waals surface area contributed by atoms with E-state index in [0.29, 0.717) is 6.07 Å². The number of pyridine rings is 1. The number of hydrogen-bond donors (Lipinski definition) is 2. The van der Waals surface area contributed by atoms with Crippen molar-refractivity contribution in [3.63, 3.8) is 0 Å². The van der Waals surface area contributed by atoms with Crippen molar-refractivity contribution in [2.24, 2.45) is 0 Å². The van der Waals surface area contributed by atoms with Crippen LogP contribution < -0.4 is 16.6 Å². The predicted octanol–water partition coefficient (Wildman–Crippen LogP) is 4.28. The lowest BCUT2D eigenvalue weighted by Crippen LogP contribution is -2.28. The maximum atomic E-state index is 14.6. The minimum absolute atomic E-state index is 0.000561. The fourth-order valence-corrected chi connectivity index (χ4v) is 3.89. The number of nitrogens with zero attached hydrogens (tertiary/aromatic N) is 5. The lowest BCUT2D eigenvalue weighted by atomic mass is 10.1. The second-order valence-corrected chi connectivity index (χ2v) is 8.33. The minimum atomic E-state index is -0.937. The molecule has 12 heteroatoms.